The number of benzene rings is 2. The molecule has 92 valence electrons. The highest BCUT2D eigenvalue weighted by Crippen LogP contribution is 2.35. The quantitative estimate of drug-likeness (QED) is 0.753. The maximum Gasteiger partial charge on any atom is 0.186 e. The third-order valence-corrected chi connectivity index (χ3v) is 2.98. The highest BCUT2D eigenvalue weighted by Gasteiger charge is 2.18. The van der Waals surface area contributed by atoms with Crippen LogP contribution in [0.3, 0.4) is 0 Å². The topological polar surface area (TPSA) is 37.3 Å². The molecule has 2 nitrogen and oxygen atoms in total. The fraction of sp³-hybridized carbons (Fsp3) is 0.188. The van der Waals surface area contributed by atoms with Crippen LogP contribution in [0.2, 0.25) is 0 Å². The van der Waals surface area contributed by atoms with Crippen LogP contribution in [-0.2, 0) is 0 Å². The smallest absolute Gasteiger partial charge is 0.186 e. The standard InChI is InChI=1S/C14H10O2.C2H6/c1-8-2-3-10-11(6-8)9-4-5-13(15)12(9)7-14(10)16;1-2/h2-7,16H,1H3;1-2H3. The average molecular weight is 240 g/mol. The summed E-state index contributed by atoms with van der Waals surface area (Å²) >= 11 is 0. The Morgan fingerprint density at radius 3 is 2.44 bits per heavy atom. The van der Waals surface area contributed by atoms with Crippen LogP contribution in [0.1, 0.15) is 35.3 Å². The lowest BCUT2D eigenvalue weighted by Gasteiger charge is -2.07. The Morgan fingerprint density at radius 2 is 1.72 bits per heavy atom. The number of phenols is 1. The summed E-state index contributed by atoms with van der Waals surface area (Å²) in [5, 5.41) is 11.6. The van der Waals surface area contributed by atoms with Gasteiger partial charge in [0.2, 0.25) is 0 Å². The van der Waals surface area contributed by atoms with Crippen LogP contribution in [0.4, 0.5) is 0 Å². The fourth-order valence-corrected chi connectivity index (χ4v) is 2.17. The number of carbonyl (C=O) groups is 1. The number of fused-ring (bicyclic) bond motifs is 3. The van der Waals surface area contributed by atoms with Crippen LogP contribution in [0, 0.1) is 6.92 Å². The minimum Gasteiger partial charge on any atom is -0.507 e. The molecule has 1 aliphatic carbocycles. The minimum absolute atomic E-state index is 0.0336. The Balaban J connectivity index is 0.000000574. The summed E-state index contributed by atoms with van der Waals surface area (Å²) in [6.07, 6.45) is 3.37. The van der Waals surface area contributed by atoms with Crippen LogP contribution >= 0.6 is 0 Å². The second-order valence-corrected chi connectivity index (χ2v) is 4.10. The average Bonchev–Trinajstić information content (AvgIpc) is 2.74. The van der Waals surface area contributed by atoms with Crippen LogP contribution in [0.15, 0.2) is 30.3 Å². The molecule has 2 aromatic rings. The molecule has 18 heavy (non-hydrogen) atoms. The van der Waals surface area contributed by atoms with Gasteiger partial charge in [0.1, 0.15) is 5.75 Å². The summed E-state index contributed by atoms with van der Waals surface area (Å²) < 4.78 is 0. The van der Waals surface area contributed by atoms with Gasteiger partial charge >= 0.3 is 0 Å². The molecule has 1 aliphatic rings. The van der Waals surface area contributed by atoms with Gasteiger partial charge in [-0.3, -0.25) is 4.79 Å². The van der Waals surface area contributed by atoms with Gasteiger partial charge in [-0.2, -0.15) is 0 Å². The zero-order chi connectivity index (χ0) is 13.3. The number of carbonyl (C=O) groups excluding carboxylic acids is 1. The number of hydrogen-bond acceptors (Lipinski definition) is 2. The van der Waals surface area contributed by atoms with Crippen molar-refractivity contribution in [2.45, 2.75) is 20.8 Å². The zero-order valence-electron chi connectivity index (χ0n) is 10.8. The number of aromatic hydroxyl groups is 1. The van der Waals surface area contributed by atoms with Gasteiger partial charge in [-0.25, -0.2) is 0 Å². The molecule has 0 bridgehead atoms. The summed E-state index contributed by atoms with van der Waals surface area (Å²) in [6, 6.07) is 7.39. The molecule has 0 amide bonds. The van der Waals surface area contributed by atoms with E-state index in [1.165, 1.54) is 0 Å². The van der Waals surface area contributed by atoms with E-state index in [2.05, 4.69) is 0 Å². The number of allylic oxidation sites excluding steroid dienone is 1. The molecule has 0 saturated heterocycles. The van der Waals surface area contributed by atoms with Crippen molar-refractivity contribution in [2.75, 3.05) is 0 Å². The van der Waals surface area contributed by atoms with Gasteiger partial charge < -0.3 is 5.11 Å². The van der Waals surface area contributed by atoms with Crippen molar-refractivity contribution in [3.8, 4) is 5.75 Å². The van der Waals surface area contributed by atoms with Gasteiger partial charge in [-0.1, -0.05) is 37.6 Å². The third kappa shape index (κ3) is 1.80. The van der Waals surface area contributed by atoms with E-state index in [1.54, 1.807) is 12.1 Å². The third-order valence-electron chi connectivity index (χ3n) is 2.98. The van der Waals surface area contributed by atoms with E-state index < -0.39 is 0 Å². The second kappa shape index (κ2) is 4.65. The molecule has 0 aromatic heterocycles. The molecule has 0 heterocycles. The molecule has 0 aliphatic heterocycles. The number of phenolic OH excluding ortho intramolecular Hbond substituents is 1. The van der Waals surface area contributed by atoms with Crippen LogP contribution in [0.25, 0.3) is 16.8 Å². The van der Waals surface area contributed by atoms with Gasteiger partial charge in [-0.15, -0.1) is 0 Å². The molecule has 1 N–H and O–H groups in total. The van der Waals surface area contributed by atoms with Crippen LogP contribution in [0.5, 0.6) is 5.75 Å². The van der Waals surface area contributed by atoms with Gasteiger partial charge in [0.15, 0.2) is 5.78 Å². The second-order valence-electron chi connectivity index (χ2n) is 4.10. The lowest BCUT2D eigenvalue weighted by atomic mass is 9.98. The molecular formula is C16H16O2. The maximum absolute atomic E-state index is 11.5. The van der Waals surface area contributed by atoms with Crippen molar-refractivity contribution >= 4 is 22.6 Å². The minimum atomic E-state index is -0.0336. The Bertz CT molecular complexity index is 652. The molecule has 2 aromatic carbocycles. The first-order valence-corrected chi connectivity index (χ1v) is 6.15. The molecule has 0 saturated carbocycles. The molecule has 0 fully saturated rings. The van der Waals surface area contributed by atoms with E-state index in [1.807, 2.05) is 45.0 Å². The highest BCUT2D eigenvalue weighted by molar-refractivity contribution is 6.18. The molecule has 0 unspecified atom stereocenters. The zero-order valence-corrected chi connectivity index (χ0v) is 10.8. The first-order chi connectivity index (χ1) is 8.66. The largest absolute Gasteiger partial charge is 0.507 e. The monoisotopic (exact) mass is 240 g/mol. The van der Waals surface area contributed by atoms with Crippen molar-refractivity contribution < 1.29 is 9.90 Å². The molecule has 2 heteroatoms. The number of aryl methyl sites for hydroxylation is 1. The van der Waals surface area contributed by atoms with Crippen molar-refractivity contribution in [2.24, 2.45) is 0 Å². The normalized spacial score (nSPS) is 12.3. The van der Waals surface area contributed by atoms with Crippen molar-refractivity contribution in [3.63, 3.8) is 0 Å². The highest BCUT2D eigenvalue weighted by atomic mass is 16.3. The number of hydrogen-bond donors (Lipinski definition) is 1. The van der Waals surface area contributed by atoms with Gasteiger partial charge in [0.05, 0.1) is 0 Å². The molecule has 0 radical (unpaired) electrons. The molecular weight excluding hydrogens is 224 g/mol. The predicted molar refractivity (Wildman–Crippen MR) is 75.1 cm³/mol. The molecule has 0 spiro atoms. The SMILES string of the molecule is CC.Cc1ccc2c(O)cc3c(c2c1)C=CC3=O. The van der Waals surface area contributed by atoms with E-state index in [0.29, 0.717) is 5.56 Å². The Kier molecular flexibility index (Phi) is 3.19. The van der Waals surface area contributed by atoms with Gasteiger partial charge in [-0.05, 0) is 36.1 Å². The Labute approximate surface area is 107 Å². The molecule has 3 rings (SSSR count). The van der Waals surface area contributed by atoms with E-state index in [-0.39, 0.29) is 11.5 Å². The van der Waals surface area contributed by atoms with Gasteiger partial charge in [0, 0.05) is 10.9 Å². The summed E-state index contributed by atoms with van der Waals surface area (Å²) in [6.45, 7) is 6.00. The van der Waals surface area contributed by atoms with E-state index in [0.717, 1.165) is 21.9 Å². The van der Waals surface area contributed by atoms with Gasteiger partial charge in [0.25, 0.3) is 0 Å². The lowest BCUT2D eigenvalue weighted by Crippen LogP contribution is -1.92. The summed E-state index contributed by atoms with van der Waals surface area (Å²) in [5.74, 6) is 0.138. The van der Waals surface area contributed by atoms with Crippen molar-refractivity contribution in [3.05, 3.63) is 47.0 Å². The van der Waals surface area contributed by atoms with Crippen molar-refractivity contribution in [1.82, 2.24) is 0 Å². The number of ketones is 1. The maximum atomic E-state index is 11.5. The summed E-state index contributed by atoms with van der Waals surface area (Å²) in [7, 11) is 0. The van der Waals surface area contributed by atoms with E-state index >= 15 is 0 Å². The van der Waals surface area contributed by atoms with E-state index in [9.17, 15) is 9.90 Å². The Hall–Kier alpha value is -2.09. The lowest BCUT2D eigenvalue weighted by molar-refractivity contribution is 0.105. The van der Waals surface area contributed by atoms with E-state index in [4.69, 9.17) is 0 Å². The predicted octanol–water partition coefficient (Wildman–Crippen LogP) is 4.09. The van der Waals surface area contributed by atoms with Crippen LogP contribution < -0.4 is 0 Å². The van der Waals surface area contributed by atoms with Crippen LogP contribution in [-0.4, -0.2) is 10.9 Å². The fourth-order valence-electron chi connectivity index (χ4n) is 2.17. The van der Waals surface area contributed by atoms with Crippen molar-refractivity contribution in [1.29, 1.82) is 0 Å². The summed E-state index contributed by atoms with van der Waals surface area (Å²) in [4.78, 5) is 11.5. The molecule has 0 atom stereocenters. The first kappa shape index (κ1) is 12.4. The first-order valence-electron chi connectivity index (χ1n) is 6.15. The Morgan fingerprint density at radius 1 is 1.00 bits per heavy atom. The number of rotatable bonds is 0. The summed E-state index contributed by atoms with van der Waals surface area (Å²) in [5.41, 5.74) is 2.63.